The number of sulfonamides is 1. The molecule has 0 atom stereocenters. The number of nitrogens with zero attached hydrogens (tertiary/aromatic N) is 2. The molecule has 7 nitrogen and oxygen atoms in total. The Bertz CT molecular complexity index is 622. The second kappa shape index (κ2) is 6.60. The highest BCUT2D eigenvalue weighted by molar-refractivity contribution is 7.89. The van der Waals surface area contributed by atoms with Crippen LogP contribution in [0.25, 0.3) is 0 Å². The first-order chi connectivity index (χ1) is 9.62. The fraction of sp³-hybridized carbons (Fsp3) is 0.333. The number of benzene rings is 1. The average molecular weight is 295 g/mol. The normalized spacial score (nSPS) is 11.7. The van der Waals surface area contributed by atoms with Crippen LogP contribution in [-0.4, -0.2) is 30.1 Å². The van der Waals surface area contributed by atoms with Gasteiger partial charge in [0, 0.05) is 19.5 Å². The van der Waals surface area contributed by atoms with Crippen molar-refractivity contribution in [1.82, 2.24) is 19.9 Å². The van der Waals surface area contributed by atoms with Gasteiger partial charge in [-0.2, -0.15) is 5.10 Å². The van der Waals surface area contributed by atoms with Crippen LogP contribution in [0.3, 0.4) is 0 Å². The van der Waals surface area contributed by atoms with Gasteiger partial charge in [-0.05, 0) is 24.1 Å². The molecule has 0 unspecified atom stereocenters. The molecule has 0 saturated carbocycles. The number of hydrogen-bond donors (Lipinski definition) is 3. The summed E-state index contributed by atoms with van der Waals surface area (Å²) in [7, 11) is -3.46. The fourth-order valence-corrected chi connectivity index (χ4v) is 2.78. The number of aryl methyl sites for hydroxylation is 1. The summed E-state index contributed by atoms with van der Waals surface area (Å²) < 4.78 is 26.6. The van der Waals surface area contributed by atoms with Gasteiger partial charge >= 0.3 is 0 Å². The quantitative estimate of drug-likeness (QED) is 0.630. The molecule has 0 bridgehead atoms. The molecular weight excluding hydrogens is 278 g/mol. The molecule has 0 radical (unpaired) electrons. The zero-order chi connectivity index (χ0) is 14.4. The molecule has 0 aliphatic rings. The molecule has 0 saturated heterocycles. The summed E-state index contributed by atoms with van der Waals surface area (Å²) in [5, 5.41) is 6.46. The first kappa shape index (κ1) is 14.6. The highest BCUT2D eigenvalue weighted by Gasteiger charge is 2.12. The summed E-state index contributed by atoms with van der Waals surface area (Å²) in [6.07, 6.45) is 2.72. The predicted octanol–water partition coefficient (Wildman–Crippen LogP) is 0.174. The average Bonchev–Trinajstić information content (AvgIpc) is 2.97. The minimum atomic E-state index is -3.46. The highest BCUT2D eigenvalue weighted by atomic mass is 32.2. The van der Waals surface area contributed by atoms with Gasteiger partial charge < -0.3 is 5.73 Å². The third-order valence-corrected chi connectivity index (χ3v) is 4.29. The lowest BCUT2D eigenvalue weighted by molar-refractivity contribution is 0.578. The van der Waals surface area contributed by atoms with Crippen molar-refractivity contribution in [3.05, 3.63) is 42.0 Å². The van der Waals surface area contributed by atoms with Gasteiger partial charge in [-0.25, -0.2) is 18.1 Å². The molecule has 4 N–H and O–H groups in total. The van der Waals surface area contributed by atoms with Gasteiger partial charge in [-0.1, -0.05) is 12.1 Å². The van der Waals surface area contributed by atoms with Gasteiger partial charge in [0.05, 0.1) is 4.90 Å². The Labute approximate surface area is 117 Å². The summed E-state index contributed by atoms with van der Waals surface area (Å²) in [5.41, 5.74) is 6.37. The van der Waals surface area contributed by atoms with E-state index in [0.717, 1.165) is 11.4 Å². The van der Waals surface area contributed by atoms with Gasteiger partial charge in [-0.3, -0.25) is 5.10 Å². The van der Waals surface area contributed by atoms with Gasteiger partial charge in [0.15, 0.2) is 0 Å². The van der Waals surface area contributed by atoms with E-state index in [1.165, 1.54) is 6.33 Å². The van der Waals surface area contributed by atoms with Gasteiger partial charge in [0.2, 0.25) is 10.0 Å². The minimum Gasteiger partial charge on any atom is -0.326 e. The van der Waals surface area contributed by atoms with Crippen LogP contribution >= 0.6 is 0 Å². The van der Waals surface area contributed by atoms with Crippen LogP contribution < -0.4 is 10.5 Å². The third-order valence-electron chi connectivity index (χ3n) is 2.82. The van der Waals surface area contributed by atoms with E-state index in [-0.39, 0.29) is 4.90 Å². The molecule has 1 heterocycles. The summed E-state index contributed by atoms with van der Waals surface area (Å²) in [6, 6.07) is 6.54. The molecular formula is C12H17N5O2S. The van der Waals surface area contributed by atoms with Crippen molar-refractivity contribution in [1.29, 1.82) is 0 Å². The molecule has 1 aromatic heterocycles. The van der Waals surface area contributed by atoms with Crippen LogP contribution in [0.1, 0.15) is 17.8 Å². The standard InChI is InChI=1S/C12H17N5O2S/c13-8-10-3-5-11(6-4-10)20(18,19)16-7-1-2-12-14-9-15-17-12/h3-6,9,16H,1-2,7-8,13H2,(H,14,15,17). The van der Waals surface area contributed by atoms with Crippen LogP contribution in [0.4, 0.5) is 0 Å². The Morgan fingerprint density at radius 3 is 2.60 bits per heavy atom. The van der Waals surface area contributed by atoms with E-state index in [2.05, 4.69) is 19.9 Å². The van der Waals surface area contributed by atoms with E-state index in [9.17, 15) is 8.42 Å². The topological polar surface area (TPSA) is 114 Å². The van der Waals surface area contributed by atoms with Crippen LogP contribution in [0.2, 0.25) is 0 Å². The van der Waals surface area contributed by atoms with Gasteiger partial charge in [0.1, 0.15) is 12.2 Å². The van der Waals surface area contributed by atoms with Crippen molar-refractivity contribution in [2.24, 2.45) is 5.73 Å². The maximum atomic E-state index is 12.0. The first-order valence-corrected chi connectivity index (χ1v) is 7.73. The Kier molecular flexibility index (Phi) is 4.83. The van der Waals surface area contributed by atoms with Crippen molar-refractivity contribution in [3.8, 4) is 0 Å². The SMILES string of the molecule is NCc1ccc(S(=O)(=O)NCCCc2ncn[nH]2)cc1. The number of aromatic amines is 1. The number of hydrogen-bond acceptors (Lipinski definition) is 5. The summed E-state index contributed by atoms with van der Waals surface area (Å²) >= 11 is 0. The summed E-state index contributed by atoms with van der Waals surface area (Å²) in [6.45, 7) is 0.743. The summed E-state index contributed by atoms with van der Waals surface area (Å²) in [5.74, 6) is 0.747. The van der Waals surface area contributed by atoms with Crippen molar-refractivity contribution < 1.29 is 8.42 Å². The molecule has 108 valence electrons. The van der Waals surface area contributed by atoms with E-state index >= 15 is 0 Å². The van der Waals surface area contributed by atoms with Crippen molar-refractivity contribution >= 4 is 10.0 Å². The number of nitrogens with two attached hydrogens (primary N) is 1. The molecule has 2 rings (SSSR count). The largest absolute Gasteiger partial charge is 0.326 e. The third kappa shape index (κ3) is 3.86. The molecule has 1 aromatic carbocycles. The molecule has 0 spiro atoms. The zero-order valence-corrected chi connectivity index (χ0v) is 11.7. The van der Waals surface area contributed by atoms with Crippen molar-refractivity contribution in [2.75, 3.05) is 6.54 Å². The second-order valence-corrected chi connectivity index (χ2v) is 6.05. The van der Waals surface area contributed by atoms with E-state index < -0.39 is 10.0 Å². The molecule has 2 aromatic rings. The monoisotopic (exact) mass is 295 g/mol. The Hall–Kier alpha value is -1.77. The second-order valence-electron chi connectivity index (χ2n) is 4.28. The molecule has 8 heteroatoms. The van der Waals surface area contributed by atoms with Gasteiger partial charge in [-0.15, -0.1) is 0 Å². The van der Waals surface area contributed by atoms with Gasteiger partial charge in [0.25, 0.3) is 0 Å². The molecule has 0 aliphatic carbocycles. The van der Waals surface area contributed by atoms with E-state index in [0.29, 0.717) is 25.9 Å². The Morgan fingerprint density at radius 2 is 2.00 bits per heavy atom. The fourth-order valence-electron chi connectivity index (χ4n) is 1.70. The lowest BCUT2D eigenvalue weighted by Crippen LogP contribution is -2.25. The first-order valence-electron chi connectivity index (χ1n) is 6.25. The van der Waals surface area contributed by atoms with Crippen LogP contribution in [-0.2, 0) is 23.0 Å². The lowest BCUT2D eigenvalue weighted by atomic mass is 10.2. The number of nitrogens with one attached hydrogen (secondary N) is 2. The van der Waals surface area contributed by atoms with Crippen molar-refractivity contribution in [3.63, 3.8) is 0 Å². The highest BCUT2D eigenvalue weighted by Crippen LogP contribution is 2.10. The molecule has 20 heavy (non-hydrogen) atoms. The lowest BCUT2D eigenvalue weighted by Gasteiger charge is -2.06. The van der Waals surface area contributed by atoms with Crippen molar-refractivity contribution in [2.45, 2.75) is 24.3 Å². The molecule has 0 amide bonds. The predicted molar refractivity (Wildman–Crippen MR) is 74.2 cm³/mol. The Balaban J connectivity index is 1.86. The van der Waals surface area contributed by atoms with Crippen LogP contribution in [0, 0.1) is 0 Å². The van der Waals surface area contributed by atoms with E-state index in [1.807, 2.05) is 0 Å². The molecule has 0 fully saturated rings. The van der Waals surface area contributed by atoms with Crippen LogP contribution in [0.5, 0.6) is 0 Å². The van der Waals surface area contributed by atoms with Crippen LogP contribution in [0.15, 0.2) is 35.5 Å². The number of rotatable bonds is 7. The zero-order valence-electron chi connectivity index (χ0n) is 10.9. The molecule has 0 aliphatic heterocycles. The number of aromatic nitrogens is 3. The number of H-pyrrole nitrogens is 1. The maximum absolute atomic E-state index is 12.0. The summed E-state index contributed by atoms with van der Waals surface area (Å²) in [4.78, 5) is 4.22. The minimum absolute atomic E-state index is 0.245. The Morgan fingerprint density at radius 1 is 1.25 bits per heavy atom. The maximum Gasteiger partial charge on any atom is 0.240 e. The van der Waals surface area contributed by atoms with E-state index in [1.54, 1.807) is 24.3 Å². The van der Waals surface area contributed by atoms with E-state index in [4.69, 9.17) is 5.73 Å². The smallest absolute Gasteiger partial charge is 0.240 e.